The number of ether oxygens (including phenoxy) is 1. The number of amides is 1. The first-order chi connectivity index (χ1) is 14.1. The highest BCUT2D eigenvalue weighted by Crippen LogP contribution is 2.30. The second-order valence-corrected chi connectivity index (χ2v) is 7.49. The van der Waals surface area contributed by atoms with Crippen molar-refractivity contribution in [3.05, 3.63) is 54.1 Å². The Morgan fingerprint density at radius 2 is 1.79 bits per heavy atom. The van der Waals surface area contributed by atoms with Crippen LogP contribution >= 0.6 is 0 Å². The van der Waals surface area contributed by atoms with Crippen LogP contribution in [0.2, 0.25) is 0 Å². The van der Waals surface area contributed by atoms with Crippen molar-refractivity contribution in [3.63, 3.8) is 0 Å². The number of para-hydroxylation sites is 1. The predicted molar refractivity (Wildman–Crippen MR) is 115 cm³/mol. The highest BCUT2D eigenvalue weighted by Gasteiger charge is 2.26. The Morgan fingerprint density at radius 1 is 1.07 bits per heavy atom. The van der Waals surface area contributed by atoms with Crippen molar-refractivity contribution in [1.29, 1.82) is 0 Å². The van der Waals surface area contributed by atoms with E-state index in [1.165, 1.54) is 28.9 Å². The number of benzene rings is 2. The molecule has 1 fully saturated rings. The van der Waals surface area contributed by atoms with Crippen LogP contribution in [0.5, 0.6) is 0 Å². The molecule has 1 aliphatic heterocycles. The van der Waals surface area contributed by atoms with E-state index in [1.807, 2.05) is 6.08 Å². The lowest BCUT2D eigenvalue weighted by molar-refractivity contribution is -0.148. The average Bonchev–Trinajstić information content (AvgIpc) is 3.10. The van der Waals surface area contributed by atoms with Crippen LogP contribution < -0.4 is 0 Å². The van der Waals surface area contributed by atoms with Gasteiger partial charge in [-0.05, 0) is 49.6 Å². The Morgan fingerprint density at radius 3 is 2.52 bits per heavy atom. The topological polar surface area (TPSA) is 51.5 Å². The van der Waals surface area contributed by atoms with Crippen LogP contribution in [0, 0.1) is 5.92 Å². The molecule has 5 heteroatoms. The molecule has 0 bridgehead atoms. The fraction of sp³-hybridized carbons (Fsp3) is 0.333. The Balaban J connectivity index is 1.52. The number of hydrogen-bond donors (Lipinski definition) is 0. The molecule has 0 spiro atoms. The second-order valence-electron chi connectivity index (χ2n) is 7.49. The number of hydrogen-bond acceptors (Lipinski definition) is 3. The van der Waals surface area contributed by atoms with Crippen LogP contribution in [-0.2, 0) is 20.9 Å². The molecule has 5 nitrogen and oxygen atoms in total. The minimum atomic E-state index is -0.174. The molecule has 0 unspecified atom stereocenters. The van der Waals surface area contributed by atoms with Gasteiger partial charge in [0.25, 0.3) is 0 Å². The maximum atomic E-state index is 12.6. The van der Waals surface area contributed by atoms with Gasteiger partial charge in [-0.15, -0.1) is 0 Å². The fourth-order valence-corrected chi connectivity index (χ4v) is 4.29. The summed E-state index contributed by atoms with van der Waals surface area (Å²) in [7, 11) is 1.41. The Labute approximate surface area is 170 Å². The first-order valence-corrected chi connectivity index (χ1v) is 10.2. The van der Waals surface area contributed by atoms with Gasteiger partial charge in [-0.25, -0.2) is 0 Å². The zero-order chi connectivity index (χ0) is 20.4. The van der Waals surface area contributed by atoms with Gasteiger partial charge in [-0.2, -0.15) is 0 Å². The summed E-state index contributed by atoms with van der Waals surface area (Å²) < 4.78 is 7.12. The summed E-state index contributed by atoms with van der Waals surface area (Å²) in [6.07, 6.45) is 4.84. The molecule has 0 saturated carbocycles. The summed E-state index contributed by atoms with van der Waals surface area (Å²) in [4.78, 5) is 26.0. The van der Waals surface area contributed by atoms with E-state index in [9.17, 15) is 9.59 Å². The van der Waals surface area contributed by atoms with Crippen LogP contribution in [0.25, 0.3) is 27.9 Å². The third-order valence-electron chi connectivity index (χ3n) is 5.87. The van der Waals surface area contributed by atoms with Gasteiger partial charge < -0.3 is 14.2 Å². The van der Waals surface area contributed by atoms with Gasteiger partial charge in [0.15, 0.2) is 0 Å². The van der Waals surface area contributed by atoms with Crippen molar-refractivity contribution in [2.75, 3.05) is 20.2 Å². The van der Waals surface area contributed by atoms with Crippen LogP contribution in [-0.4, -0.2) is 41.5 Å². The van der Waals surface area contributed by atoms with Gasteiger partial charge in [0.05, 0.1) is 13.0 Å². The maximum Gasteiger partial charge on any atom is 0.308 e. The van der Waals surface area contributed by atoms with Crippen molar-refractivity contribution in [3.8, 4) is 0 Å². The molecule has 1 aliphatic rings. The number of carbonyl (C=O) groups excluding carboxylic acids is 2. The molecule has 0 atom stereocenters. The normalized spacial score (nSPS) is 15.4. The first kappa shape index (κ1) is 19.2. The van der Waals surface area contributed by atoms with Crippen molar-refractivity contribution in [1.82, 2.24) is 9.47 Å². The van der Waals surface area contributed by atoms with Crippen LogP contribution in [0.4, 0.5) is 0 Å². The highest BCUT2D eigenvalue weighted by molar-refractivity contribution is 6.08. The molecule has 150 valence electrons. The van der Waals surface area contributed by atoms with E-state index < -0.39 is 0 Å². The minimum absolute atomic E-state index is 0.00982. The summed E-state index contributed by atoms with van der Waals surface area (Å²) in [6, 6.07) is 14.8. The number of methoxy groups -OCH3 is 1. The number of likely N-dealkylation sites (tertiary alicyclic amines) is 1. The molecular weight excluding hydrogens is 364 g/mol. The molecule has 0 aliphatic carbocycles. The van der Waals surface area contributed by atoms with Crippen molar-refractivity contribution < 1.29 is 14.3 Å². The number of rotatable bonds is 4. The largest absolute Gasteiger partial charge is 0.469 e. The smallest absolute Gasteiger partial charge is 0.308 e. The van der Waals surface area contributed by atoms with Crippen molar-refractivity contribution in [2.24, 2.45) is 5.92 Å². The molecule has 29 heavy (non-hydrogen) atoms. The quantitative estimate of drug-likeness (QED) is 0.495. The van der Waals surface area contributed by atoms with Crippen molar-refractivity contribution >= 4 is 39.8 Å². The monoisotopic (exact) mass is 390 g/mol. The summed E-state index contributed by atoms with van der Waals surface area (Å²) >= 11 is 0. The van der Waals surface area contributed by atoms with E-state index in [0.29, 0.717) is 25.9 Å². The predicted octanol–water partition coefficient (Wildman–Crippen LogP) is 4.24. The number of nitrogens with zero attached hydrogens (tertiary/aromatic N) is 2. The highest BCUT2D eigenvalue weighted by atomic mass is 16.5. The fourth-order valence-electron chi connectivity index (χ4n) is 4.29. The van der Waals surface area contributed by atoms with Gasteiger partial charge in [0, 0.05) is 47.5 Å². The third-order valence-corrected chi connectivity index (χ3v) is 5.87. The molecule has 3 aromatic rings. The number of piperidine rings is 1. The van der Waals surface area contributed by atoms with E-state index >= 15 is 0 Å². The summed E-state index contributed by atoms with van der Waals surface area (Å²) in [5, 5.41) is 2.44. The molecule has 1 amide bonds. The molecule has 0 radical (unpaired) electrons. The van der Waals surface area contributed by atoms with Gasteiger partial charge >= 0.3 is 5.97 Å². The Bertz CT molecular complexity index is 1090. The number of esters is 1. The lowest BCUT2D eigenvalue weighted by Crippen LogP contribution is -2.39. The molecular formula is C24H26N2O3. The van der Waals surface area contributed by atoms with E-state index in [-0.39, 0.29) is 17.8 Å². The second kappa shape index (κ2) is 8.11. The lowest BCUT2D eigenvalue weighted by atomic mass is 9.97. The van der Waals surface area contributed by atoms with Crippen molar-refractivity contribution in [2.45, 2.75) is 26.3 Å². The van der Waals surface area contributed by atoms with E-state index in [1.54, 1.807) is 11.0 Å². The molecule has 2 heterocycles. The number of carbonyl (C=O) groups is 2. The van der Waals surface area contributed by atoms with Crippen LogP contribution in [0.15, 0.2) is 48.5 Å². The maximum absolute atomic E-state index is 12.6. The van der Waals surface area contributed by atoms with Crippen LogP contribution in [0.1, 0.15) is 25.3 Å². The molecule has 2 aromatic carbocycles. The SMILES string of the molecule is CCn1c2ccccc2c2cc(/C=C/C(=O)N3CCC(C(=O)OC)CC3)ccc21. The standard InChI is InChI=1S/C24H26N2O3/c1-3-26-21-7-5-4-6-19(21)20-16-17(8-10-22(20)26)9-11-23(27)25-14-12-18(13-15-25)24(28)29-2/h4-11,16,18H,3,12-15H2,1-2H3/b11-9+. The summed E-state index contributed by atoms with van der Waals surface area (Å²) in [5.74, 6) is -0.275. The molecule has 1 saturated heterocycles. The van der Waals surface area contributed by atoms with E-state index in [4.69, 9.17) is 4.74 Å². The van der Waals surface area contributed by atoms with Gasteiger partial charge in [-0.3, -0.25) is 9.59 Å². The molecule has 1 aromatic heterocycles. The van der Waals surface area contributed by atoms with E-state index in [0.717, 1.165) is 12.1 Å². The summed E-state index contributed by atoms with van der Waals surface area (Å²) in [5.41, 5.74) is 3.45. The Hall–Kier alpha value is -3.08. The lowest BCUT2D eigenvalue weighted by Gasteiger charge is -2.29. The minimum Gasteiger partial charge on any atom is -0.469 e. The zero-order valence-corrected chi connectivity index (χ0v) is 16.9. The number of aromatic nitrogens is 1. The van der Waals surface area contributed by atoms with Gasteiger partial charge in [0.2, 0.25) is 5.91 Å². The average molecular weight is 390 g/mol. The summed E-state index contributed by atoms with van der Waals surface area (Å²) in [6.45, 7) is 4.25. The zero-order valence-electron chi connectivity index (χ0n) is 16.9. The van der Waals surface area contributed by atoms with Crippen LogP contribution in [0.3, 0.4) is 0 Å². The number of aryl methyl sites for hydroxylation is 1. The van der Waals surface area contributed by atoms with Gasteiger partial charge in [-0.1, -0.05) is 24.3 Å². The molecule has 4 rings (SSSR count). The third kappa shape index (κ3) is 3.65. The van der Waals surface area contributed by atoms with Gasteiger partial charge in [0.1, 0.15) is 0 Å². The first-order valence-electron chi connectivity index (χ1n) is 10.2. The molecule has 0 N–H and O–H groups in total. The Kier molecular flexibility index (Phi) is 5.38. The number of fused-ring (bicyclic) bond motifs is 3. The van der Waals surface area contributed by atoms with E-state index in [2.05, 4.69) is 54.0 Å².